The molecule has 0 atom stereocenters. The summed E-state index contributed by atoms with van der Waals surface area (Å²) in [4.78, 5) is 13.1. The second-order valence-electron chi connectivity index (χ2n) is 6.42. The fourth-order valence-corrected chi connectivity index (χ4v) is 3.08. The first-order valence-electron chi connectivity index (χ1n) is 8.76. The molecule has 5 rings (SSSR count). The normalized spacial score (nSPS) is 13.7. The predicted molar refractivity (Wildman–Crippen MR) is 100 cm³/mol. The minimum Gasteiger partial charge on any atom is -0.480 e. The van der Waals surface area contributed by atoms with Gasteiger partial charge in [0.05, 0.1) is 41.5 Å². The summed E-state index contributed by atoms with van der Waals surface area (Å²) in [5.74, 6) is 1.50. The van der Waals surface area contributed by atoms with Gasteiger partial charge in [0.2, 0.25) is 11.8 Å². The minimum absolute atomic E-state index is 0.456. The third kappa shape index (κ3) is 2.95. The lowest BCUT2D eigenvalue weighted by molar-refractivity contribution is 0.387. The molecule has 8 nitrogen and oxygen atoms in total. The van der Waals surface area contributed by atoms with E-state index in [9.17, 15) is 0 Å². The molecule has 1 saturated carbocycles. The van der Waals surface area contributed by atoms with E-state index in [0.29, 0.717) is 17.7 Å². The largest absolute Gasteiger partial charge is 0.480 e. The number of hydrogen-bond donors (Lipinski definition) is 1. The molecule has 0 radical (unpaired) electrons. The van der Waals surface area contributed by atoms with Crippen molar-refractivity contribution in [2.45, 2.75) is 18.8 Å². The second kappa shape index (κ2) is 6.31. The van der Waals surface area contributed by atoms with Crippen LogP contribution in [0.1, 0.15) is 24.5 Å². The highest BCUT2D eigenvalue weighted by Gasteiger charge is 2.31. The van der Waals surface area contributed by atoms with Crippen molar-refractivity contribution in [3.05, 3.63) is 54.6 Å². The minimum atomic E-state index is 0.456. The highest BCUT2D eigenvalue weighted by Crippen LogP contribution is 2.44. The van der Waals surface area contributed by atoms with Gasteiger partial charge in [-0.25, -0.2) is 9.97 Å². The van der Waals surface area contributed by atoms with E-state index in [-0.39, 0.29) is 0 Å². The van der Waals surface area contributed by atoms with Gasteiger partial charge in [-0.15, -0.1) is 9.73 Å². The SMILES string of the molecule is COc1ccc2c(-c3ccnc(Nc4cccnc4)n3)c(C3CC3)nn2n1. The average Bonchev–Trinajstić information content (AvgIpc) is 3.49. The molecule has 0 amide bonds. The molecule has 1 N–H and O–H groups in total. The molecule has 1 fully saturated rings. The zero-order valence-corrected chi connectivity index (χ0v) is 14.7. The zero-order valence-electron chi connectivity index (χ0n) is 14.7. The fraction of sp³-hybridized carbons (Fsp3) is 0.211. The Morgan fingerprint density at radius 1 is 1.11 bits per heavy atom. The van der Waals surface area contributed by atoms with Crippen molar-refractivity contribution < 1.29 is 4.74 Å². The van der Waals surface area contributed by atoms with Gasteiger partial charge in [0.25, 0.3) is 0 Å². The Morgan fingerprint density at radius 3 is 2.81 bits per heavy atom. The summed E-state index contributed by atoms with van der Waals surface area (Å²) in [5, 5.41) is 12.3. The van der Waals surface area contributed by atoms with Gasteiger partial charge in [-0.3, -0.25) is 4.98 Å². The van der Waals surface area contributed by atoms with Crippen LogP contribution in [0.15, 0.2) is 48.9 Å². The molecular weight excluding hydrogens is 342 g/mol. The molecule has 4 aromatic rings. The number of rotatable bonds is 5. The molecule has 4 aromatic heterocycles. The molecular formula is C19H17N7O. The van der Waals surface area contributed by atoms with Crippen molar-refractivity contribution in [3.63, 3.8) is 0 Å². The first-order valence-corrected chi connectivity index (χ1v) is 8.76. The molecule has 0 spiro atoms. The van der Waals surface area contributed by atoms with E-state index in [4.69, 9.17) is 14.8 Å². The molecule has 0 saturated heterocycles. The Kier molecular flexibility index (Phi) is 3.67. The molecule has 8 heteroatoms. The third-order valence-corrected chi connectivity index (χ3v) is 4.51. The van der Waals surface area contributed by atoms with E-state index < -0.39 is 0 Å². The summed E-state index contributed by atoms with van der Waals surface area (Å²) < 4.78 is 6.86. The molecule has 0 aliphatic heterocycles. The molecule has 0 aromatic carbocycles. The van der Waals surface area contributed by atoms with Crippen molar-refractivity contribution in [1.82, 2.24) is 29.8 Å². The first-order chi connectivity index (χ1) is 13.3. The average molecular weight is 359 g/mol. The van der Waals surface area contributed by atoms with Gasteiger partial charge in [0.1, 0.15) is 0 Å². The smallest absolute Gasteiger partial charge is 0.233 e. The third-order valence-electron chi connectivity index (χ3n) is 4.51. The Balaban J connectivity index is 1.60. The molecule has 0 unspecified atom stereocenters. The number of fused-ring (bicyclic) bond motifs is 1. The van der Waals surface area contributed by atoms with Crippen LogP contribution in [-0.4, -0.2) is 36.9 Å². The van der Waals surface area contributed by atoms with E-state index in [0.717, 1.165) is 41.0 Å². The molecule has 27 heavy (non-hydrogen) atoms. The lowest BCUT2D eigenvalue weighted by atomic mass is 10.1. The number of pyridine rings is 1. The Hall–Kier alpha value is -3.55. The fourth-order valence-electron chi connectivity index (χ4n) is 3.08. The molecule has 0 bridgehead atoms. The number of anilines is 2. The number of nitrogens with zero attached hydrogens (tertiary/aromatic N) is 6. The van der Waals surface area contributed by atoms with Crippen molar-refractivity contribution >= 4 is 17.2 Å². The summed E-state index contributed by atoms with van der Waals surface area (Å²) in [5.41, 5.74) is 4.60. The van der Waals surface area contributed by atoms with Gasteiger partial charge >= 0.3 is 0 Å². The van der Waals surface area contributed by atoms with E-state index >= 15 is 0 Å². The van der Waals surface area contributed by atoms with Crippen LogP contribution in [-0.2, 0) is 0 Å². The molecule has 1 aliphatic carbocycles. The van der Waals surface area contributed by atoms with Crippen LogP contribution in [0, 0.1) is 0 Å². The summed E-state index contributed by atoms with van der Waals surface area (Å²) in [6.45, 7) is 0. The van der Waals surface area contributed by atoms with Gasteiger partial charge in [0, 0.05) is 24.4 Å². The van der Waals surface area contributed by atoms with Crippen molar-refractivity contribution in [3.8, 4) is 17.1 Å². The van der Waals surface area contributed by atoms with Crippen LogP contribution in [0.25, 0.3) is 16.8 Å². The lowest BCUT2D eigenvalue weighted by Gasteiger charge is -2.07. The second-order valence-corrected chi connectivity index (χ2v) is 6.42. The van der Waals surface area contributed by atoms with Gasteiger partial charge in [-0.05, 0) is 37.1 Å². The highest BCUT2D eigenvalue weighted by molar-refractivity contribution is 5.81. The maximum atomic E-state index is 5.23. The van der Waals surface area contributed by atoms with Crippen molar-refractivity contribution in [2.75, 3.05) is 12.4 Å². The van der Waals surface area contributed by atoms with Crippen LogP contribution >= 0.6 is 0 Å². The van der Waals surface area contributed by atoms with Crippen LogP contribution in [0.5, 0.6) is 5.88 Å². The summed E-state index contributed by atoms with van der Waals surface area (Å²) in [7, 11) is 1.60. The van der Waals surface area contributed by atoms with E-state index in [1.165, 1.54) is 0 Å². The van der Waals surface area contributed by atoms with Crippen LogP contribution in [0.4, 0.5) is 11.6 Å². The van der Waals surface area contributed by atoms with Crippen LogP contribution in [0.2, 0.25) is 0 Å². The zero-order chi connectivity index (χ0) is 18.2. The maximum absolute atomic E-state index is 5.23. The molecule has 4 heterocycles. The topological polar surface area (TPSA) is 90.1 Å². The summed E-state index contributed by atoms with van der Waals surface area (Å²) >= 11 is 0. The first kappa shape index (κ1) is 15.7. The Labute approximate surface area is 155 Å². The van der Waals surface area contributed by atoms with Crippen LogP contribution in [0.3, 0.4) is 0 Å². The van der Waals surface area contributed by atoms with Gasteiger partial charge < -0.3 is 10.1 Å². The maximum Gasteiger partial charge on any atom is 0.233 e. The summed E-state index contributed by atoms with van der Waals surface area (Å²) in [6.07, 6.45) is 7.49. The van der Waals surface area contributed by atoms with E-state index in [2.05, 4.69) is 20.4 Å². The highest BCUT2D eigenvalue weighted by atomic mass is 16.5. The predicted octanol–water partition coefficient (Wildman–Crippen LogP) is 3.21. The number of methoxy groups -OCH3 is 1. The van der Waals surface area contributed by atoms with Crippen molar-refractivity contribution in [1.29, 1.82) is 0 Å². The van der Waals surface area contributed by atoms with E-state index in [1.54, 1.807) is 30.3 Å². The van der Waals surface area contributed by atoms with Crippen molar-refractivity contribution in [2.24, 2.45) is 0 Å². The standard InChI is InChI=1S/C19H17N7O/c1-27-16-7-6-15-17(18(12-4-5-12)25-26(15)24-16)14-8-10-21-19(23-14)22-13-3-2-9-20-11-13/h2-3,6-12H,4-5H2,1H3,(H,21,22,23). The van der Waals surface area contributed by atoms with Gasteiger partial charge in [0.15, 0.2) is 0 Å². The van der Waals surface area contributed by atoms with Gasteiger partial charge in [-0.1, -0.05) is 0 Å². The molecule has 134 valence electrons. The number of aromatic nitrogens is 6. The molecule has 1 aliphatic rings. The number of nitrogens with one attached hydrogen (secondary N) is 1. The quantitative estimate of drug-likeness (QED) is 0.585. The Bertz CT molecular complexity index is 1110. The lowest BCUT2D eigenvalue weighted by Crippen LogP contribution is -1.99. The Morgan fingerprint density at radius 2 is 2.04 bits per heavy atom. The number of hydrogen-bond acceptors (Lipinski definition) is 7. The van der Waals surface area contributed by atoms with E-state index in [1.807, 2.05) is 30.3 Å². The van der Waals surface area contributed by atoms with Gasteiger partial charge in [-0.2, -0.15) is 5.10 Å². The monoisotopic (exact) mass is 359 g/mol. The summed E-state index contributed by atoms with van der Waals surface area (Å²) in [6, 6.07) is 9.50. The van der Waals surface area contributed by atoms with Crippen LogP contribution < -0.4 is 10.1 Å². The number of ether oxygens (including phenoxy) is 1.